The summed E-state index contributed by atoms with van der Waals surface area (Å²) in [5.41, 5.74) is 1.98. The van der Waals surface area contributed by atoms with Gasteiger partial charge in [-0.25, -0.2) is 4.98 Å². The number of carbonyl (C=O) groups is 2. The second-order valence-electron chi connectivity index (χ2n) is 10.2. The van der Waals surface area contributed by atoms with Crippen molar-refractivity contribution in [3.05, 3.63) is 85.5 Å². The monoisotopic (exact) mass is 684 g/mol. The molecule has 0 radical (unpaired) electrons. The Kier molecular flexibility index (Phi) is 10.8. The molecule has 0 aliphatic carbocycles. The number of ether oxygens (including phenoxy) is 2. The standard InChI is InChI=1S/C32H33ClN4O5S3/c1-5-7-10-15-42-23-14-13-20(16-24(23)41-6-2)26-25(27(38)29-18(3)34-19(4)44-29)28(39)30(40)37(26)31-35-36-32(45-31)43-17-21-11-8-9-12-22(21)33/h8-9,11-14,16,26,39H,5-7,10,15,17H2,1-4H3. The van der Waals surface area contributed by atoms with Crippen molar-refractivity contribution in [2.75, 3.05) is 18.1 Å². The lowest BCUT2D eigenvalue weighted by Crippen LogP contribution is -2.31. The number of aromatic nitrogens is 3. The van der Waals surface area contributed by atoms with Crippen molar-refractivity contribution in [3.63, 3.8) is 0 Å². The molecule has 3 heterocycles. The number of Topliss-reactive ketones (excluding diaryl/α,β-unsaturated/α-hetero) is 1. The molecule has 1 atom stereocenters. The lowest BCUT2D eigenvalue weighted by molar-refractivity contribution is -0.117. The maximum atomic E-state index is 14.0. The first kappa shape index (κ1) is 32.9. The van der Waals surface area contributed by atoms with Gasteiger partial charge >= 0.3 is 0 Å². The number of ketones is 1. The number of carbonyl (C=O) groups excluding carboxylic acids is 2. The molecule has 1 N–H and O–H groups in total. The van der Waals surface area contributed by atoms with Crippen molar-refractivity contribution >= 4 is 62.9 Å². The minimum atomic E-state index is -0.991. The van der Waals surface area contributed by atoms with Crippen LogP contribution >= 0.6 is 46.0 Å². The highest BCUT2D eigenvalue weighted by Crippen LogP contribution is 2.46. The van der Waals surface area contributed by atoms with Crippen molar-refractivity contribution in [3.8, 4) is 11.5 Å². The number of benzene rings is 2. The van der Waals surface area contributed by atoms with Gasteiger partial charge in [0.25, 0.3) is 5.91 Å². The molecule has 13 heteroatoms. The van der Waals surface area contributed by atoms with Crippen LogP contribution in [-0.4, -0.2) is 45.2 Å². The van der Waals surface area contributed by atoms with Gasteiger partial charge in [-0.2, -0.15) is 0 Å². The number of halogens is 1. The van der Waals surface area contributed by atoms with Crippen molar-refractivity contribution in [2.24, 2.45) is 0 Å². The van der Waals surface area contributed by atoms with E-state index in [1.807, 2.05) is 38.1 Å². The van der Waals surface area contributed by atoms with E-state index >= 15 is 0 Å². The van der Waals surface area contributed by atoms with Crippen molar-refractivity contribution in [2.45, 2.75) is 63.1 Å². The van der Waals surface area contributed by atoms with Gasteiger partial charge in [-0.15, -0.1) is 21.5 Å². The van der Waals surface area contributed by atoms with Gasteiger partial charge in [-0.3, -0.25) is 14.5 Å². The fourth-order valence-corrected chi connectivity index (χ4v) is 7.97. The van der Waals surface area contributed by atoms with Gasteiger partial charge in [0, 0.05) is 10.8 Å². The van der Waals surface area contributed by atoms with E-state index in [9.17, 15) is 14.7 Å². The first-order valence-corrected chi connectivity index (χ1v) is 17.6. The molecule has 0 saturated heterocycles. The summed E-state index contributed by atoms with van der Waals surface area (Å²) in [4.78, 5) is 33.9. The van der Waals surface area contributed by atoms with Gasteiger partial charge in [0.05, 0.1) is 40.4 Å². The predicted octanol–water partition coefficient (Wildman–Crippen LogP) is 8.31. The molecule has 2 aromatic heterocycles. The van der Waals surface area contributed by atoms with E-state index in [1.54, 1.807) is 25.1 Å². The molecule has 0 spiro atoms. The van der Waals surface area contributed by atoms with Crippen LogP contribution in [0.25, 0.3) is 0 Å². The average Bonchev–Trinajstić information content (AvgIpc) is 3.70. The lowest BCUT2D eigenvalue weighted by Gasteiger charge is -2.25. The Bertz CT molecular complexity index is 1740. The fourth-order valence-electron chi connectivity index (χ4n) is 4.94. The zero-order chi connectivity index (χ0) is 32.1. The number of thiazole rings is 1. The van der Waals surface area contributed by atoms with E-state index in [2.05, 4.69) is 22.1 Å². The van der Waals surface area contributed by atoms with E-state index < -0.39 is 23.5 Å². The number of aryl methyl sites for hydroxylation is 2. The van der Waals surface area contributed by atoms with E-state index in [4.69, 9.17) is 21.1 Å². The molecule has 0 fully saturated rings. The van der Waals surface area contributed by atoms with Crippen LogP contribution in [0.15, 0.2) is 58.1 Å². The lowest BCUT2D eigenvalue weighted by atomic mass is 9.95. The number of thioether (sulfide) groups is 1. The highest BCUT2D eigenvalue weighted by molar-refractivity contribution is 8.00. The molecule has 0 saturated carbocycles. The molecular formula is C32H33ClN4O5S3. The summed E-state index contributed by atoms with van der Waals surface area (Å²) in [6.07, 6.45) is 3.03. The molecule has 5 rings (SSSR count). The number of amides is 1. The highest BCUT2D eigenvalue weighted by Gasteiger charge is 2.47. The predicted molar refractivity (Wildman–Crippen MR) is 179 cm³/mol. The molecular weight excluding hydrogens is 652 g/mol. The van der Waals surface area contributed by atoms with Crippen LogP contribution < -0.4 is 14.4 Å². The normalized spacial score (nSPS) is 14.8. The van der Waals surface area contributed by atoms with Gasteiger partial charge in [0.1, 0.15) is 0 Å². The Morgan fingerprint density at radius 3 is 2.58 bits per heavy atom. The number of hydrogen-bond acceptors (Lipinski definition) is 11. The first-order valence-electron chi connectivity index (χ1n) is 14.6. The molecule has 4 aromatic rings. The summed E-state index contributed by atoms with van der Waals surface area (Å²) in [6.45, 7) is 8.47. The first-order chi connectivity index (χ1) is 21.7. The maximum absolute atomic E-state index is 14.0. The van der Waals surface area contributed by atoms with Crippen molar-refractivity contribution in [1.29, 1.82) is 0 Å². The Hall–Kier alpha value is -3.45. The molecule has 0 bridgehead atoms. The summed E-state index contributed by atoms with van der Waals surface area (Å²) in [5, 5.41) is 21.5. The Labute approximate surface area is 279 Å². The highest BCUT2D eigenvalue weighted by atomic mass is 35.5. The smallest absolute Gasteiger partial charge is 0.296 e. The largest absolute Gasteiger partial charge is 0.503 e. The topological polar surface area (TPSA) is 115 Å². The third kappa shape index (κ3) is 7.19. The minimum Gasteiger partial charge on any atom is -0.503 e. The summed E-state index contributed by atoms with van der Waals surface area (Å²) >= 11 is 10.2. The van der Waals surface area contributed by atoms with Crippen LogP contribution in [0.3, 0.4) is 0 Å². The Balaban J connectivity index is 1.53. The number of hydrogen-bond donors (Lipinski definition) is 1. The van der Waals surface area contributed by atoms with Crippen molar-refractivity contribution in [1.82, 2.24) is 15.2 Å². The summed E-state index contributed by atoms with van der Waals surface area (Å²) in [5.74, 6) is -0.230. The van der Waals surface area contributed by atoms with E-state index in [0.717, 1.165) is 24.8 Å². The second kappa shape index (κ2) is 14.8. The summed E-state index contributed by atoms with van der Waals surface area (Å²) in [7, 11) is 0. The molecule has 9 nitrogen and oxygen atoms in total. The third-order valence-electron chi connectivity index (χ3n) is 7.06. The van der Waals surface area contributed by atoms with Crippen LogP contribution in [-0.2, 0) is 10.5 Å². The van der Waals surface area contributed by atoms with Crippen LogP contribution in [0.4, 0.5) is 5.13 Å². The van der Waals surface area contributed by atoms with Crippen LogP contribution in [0.2, 0.25) is 5.02 Å². The van der Waals surface area contributed by atoms with E-state index in [1.165, 1.54) is 39.3 Å². The summed E-state index contributed by atoms with van der Waals surface area (Å²) in [6, 6.07) is 11.9. The Morgan fingerprint density at radius 1 is 1.07 bits per heavy atom. The minimum absolute atomic E-state index is 0.0497. The number of nitrogens with zero attached hydrogens (tertiary/aromatic N) is 4. The molecule has 236 valence electrons. The number of aliphatic hydroxyl groups excluding tert-OH is 1. The molecule has 2 aromatic carbocycles. The number of unbranched alkanes of at least 4 members (excludes halogenated alkanes) is 2. The number of aliphatic hydroxyl groups is 1. The van der Waals surface area contributed by atoms with Crippen LogP contribution in [0.1, 0.15) is 70.7 Å². The number of rotatable bonds is 14. The van der Waals surface area contributed by atoms with Gasteiger partial charge in [0.15, 0.2) is 21.6 Å². The van der Waals surface area contributed by atoms with E-state index in [0.29, 0.717) is 61.0 Å². The SMILES string of the molecule is CCCCCOc1ccc(C2C(C(=O)c3sc(C)nc3C)=C(O)C(=O)N2c2nnc(SCc3ccccc3Cl)s2)cc1OCC. The third-order valence-corrected chi connectivity index (χ3v) is 10.6. The van der Waals surface area contributed by atoms with Gasteiger partial charge in [0.2, 0.25) is 10.9 Å². The summed E-state index contributed by atoms with van der Waals surface area (Å²) < 4.78 is 12.6. The molecule has 1 unspecified atom stereocenters. The molecule has 1 aliphatic heterocycles. The quantitative estimate of drug-likeness (QED) is 0.0606. The van der Waals surface area contributed by atoms with Gasteiger partial charge in [-0.05, 0) is 56.5 Å². The molecule has 45 heavy (non-hydrogen) atoms. The van der Waals surface area contributed by atoms with E-state index in [-0.39, 0.29) is 10.7 Å². The zero-order valence-corrected chi connectivity index (χ0v) is 28.5. The second-order valence-corrected chi connectivity index (χ2v) is 14.0. The fraction of sp³-hybridized carbons (Fsp3) is 0.344. The maximum Gasteiger partial charge on any atom is 0.296 e. The van der Waals surface area contributed by atoms with Crippen LogP contribution in [0, 0.1) is 13.8 Å². The molecule has 1 aliphatic rings. The number of anilines is 1. The van der Waals surface area contributed by atoms with Gasteiger partial charge in [-0.1, -0.05) is 78.7 Å². The molecule has 1 amide bonds. The average molecular weight is 685 g/mol. The Morgan fingerprint density at radius 2 is 1.87 bits per heavy atom. The van der Waals surface area contributed by atoms with Crippen molar-refractivity contribution < 1.29 is 24.2 Å². The zero-order valence-electron chi connectivity index (χ0n) is 25.3. The van der Waals surface area contributed by atoms with Crippen LogP contribution in [0.5, 0.6) is 11.5 Å². The van der Waals surface area contributed by atoms with Gasteiger partial charge < -0.3 is 14.6 Å².